The Kier molecular flexibility index (Phi) is 3.36. The first kappa shape index (κ1) is 11.1. The van der Waals surface area contributed by atoms with Gasteiger partial charge in [0.05, 0.1) is 11.9 Å². The molecule has 0 fully saturated rings. The van der Waals surface area contributed by atoms with Gasteiger partial charge in [0.15, 0.2) is 5.69 Å². The Hall–Kier alpha value is -2.35. The summed E-state index contributed by atoms with van der Waals surface area (Å²) in [7, 11) is 0. The average Bonchev–Trinajstić information content (AvgIpc) is 2.83. The standard InChI is InChI=1S/C9H7N5O2S/c15-8(7-5-17-14-13-7)12-9(16)11-6-2-1-3-10-4-6/h1-5H,(H2,11,12,15,16). The Bertz CT molecular complexity index is 513. The van der Waals surface area contributed by atoms with Crippen molar-refractivity contribution < 1.29 is 9.59 Å². The number of nitrogens with zero attached hydrogens (tertiary/aromatic N) is 3. The Morgan fingerprint density at radius 2 is 2.24 bits per heavy atom. The molecule has 0 radical (unpaired) electrons. The van der Waals surface area contributed by atoms with Gasteiger partial charge >= 0.3 is 6.03 Å². The second-order valence-electron chi connectivity index (χ2n) is 2.94. The van der Waals surface area contributed by atoms with Gasteiger partial charge in [0.25, 0.3) is 5.91 Å². The van der Waals surface area contributed by atoms with Crippen LogP contribution in [0.1, 0.15) is 10.5 Å². The number of anilines is 1. The van der Waals surface area contributed by atoms with Crippen LogP contribution in [0.5, 0.6) is 0 Å². The van der Waals surface area contributed by atoms with E-state index in [0.717, 1.165) is 11.5 Å². The van der Waals surface area contributed by atoms with Gasteiger partial charge in [-0.2, -0.15) is 0 Å². The molecule has 0 aliphatic carbocycles. The van der Waals surface area contributed by atoms with E-state index >= 15 is 0 Å². The Morgan fingerprint density at radius 3 is 2.88 bits per heavy atom. The quantitative estimate of drug-likeness (QED) is 0.824. The van der Waals surface area contributed by atoms with Gasteiger partial charge in [-0.25, -0.2) is 4.79 Å². The zero-order valence-electron chi connectivity index (χ0n) is 8.45. The molecule has 0 aromatic carbocycles. The zero-order chi connectivity index (χ0) is 12.1. The second-order valence-corrected chi connectivity index (χ2v) is 3.55. The van der Waals surface area contributed by atoms with Crippen LogP contribution in [0, 0.1) is 0 Å². The van der Waals surface area contributed by atoms with E-state index in [2.05, 4.69) is 25.2 Å². The summed E-state index contributed by atoms with van der Waals surface area (Å²) in [5, 5.41) is 9.57. The zero-order valence-corrected chi connectivity index (χ0v) is 9.27. The van der Waals surface area contributed by atoms with Crippen molar-refractivity contribution in [3.8, 4) is 0 Å². The number of rotatable bonds is 2. The van der Waals surface area contributed by atoms with Crippen molar-refractivity contribution >= 4 is 29.2 Å². The third-order valence-electron chi connectivity index (χ3n) is 1.74. The van der Waals surface area contributed by atoms with Crippen LogP contribution in [0.25, 0.3) is 0 Å². The molecule has 86 valence electrons. The minimum atomic E-state index is -0.643. The van der Waals surface area contributed by atoms with Crippen LogP contribution < -0.4 is 10.6 Å². The molecule has 3 amide bonds. The Morgan fingerprint density at radius 1 is 1.35 bits per heavy atom. The third kappa shape index (κ3) is 3.05. The molecule has 2 rings (SSSR count). The maximum absolute atomic E-state index is 11.4. The molecule has 0 spiro atoms. The van der Waals surface area contributed by atoms with Gasteiger partial charge in [-0.05, 0) is 23.7 Å². The van der Waals surface area contributed by atoms with Crippen molar-refractivity contribution in [3.63, 3.8) is 0 Å². The third-order valence-corrected chi connectivity index (χ3v) is 2.24. The molecular weight excluding hydrogens is 242 g/mol. The highest BCUT2D eigenvalue weighted by molar-refractivity contribution is 7.03. The average molecular weight is 249 g/mol. The summed E-state index contributed by atoms with van der Waals surface area (Å²) in [5.74, 6) is -0.597. The van der Waals surface area contributed by atoms with Gasteiger partial charge in [-0.1, -0.05) is 4.49 Å². The maximum atomic E-state index is 11.4. The Labute approximate surface area is 100 Å². The first-order valence-corrected chi connectivity index (χ1v) is 5.39. The van der Waals surface area contributed by atoms with Gasteiger partial charge in [-0.15, -0.1) is 5.10 Å². The second kappa shape index (κ2) is 5.12. The van der Waals surface area contributed by atoms with Crippen LogP contribution in [-0.4, -0.2) is 26.5 Å². The van der Waals surface area contributed by atoms with Crippen molar-refractivity contribution in [1.82, 2.24) is 19.9 Å². The number of amides is 3. The highest BCUT2D eigenvalue weighted by atomic mass is 32.1. The number of hydrogen-bond donors (Lipinski definition) is 2. The van der Waals surface area contributed by atoms with Gasteiger partial charge in [-0.3, -0.25) is 15.1 Å². The molecule has 0 atom stereocenters. The molecule has 0 unspecified atom stereocenters. The van der Waals surface area contributed by atoms with E-state index in [1.54, 1.807) is 18.3 Å². The van der Waals surface area contributed by atoms with E-state index in [4.69, 9.17) is 0 Å². The van der Waals surface area contributed by atoms with Gasteiger partial charge in [0.2, 0.25) is 0 Å². The summed E-state index contributed by atoms with van der Waals surface area (Å²) in [6.45, 7) is 0. The van der Waals surface area contributed by atoms with E-state index < -0.39 is 11.9 Å². The largest absolute Gasteiger partial charge is 0.326 e. The van der Waals surface area contributed by atoms with Crippen molar-refractivity contribution in [2.24, 2.45) is 0 Å². The Balaban J connectivity index is 1.92. The van der Waals surface area contributed by atoms with Gasteiger partial charge in [0, 0.05) is 11.6 Å². The van der Waals surface area contributed by atoms with Crippen LogP contribution in [0.2, 0.25) is 0 Å². The van der Waals surface area contributed by atoms with Crippen molar-refractivity contribution in [2.75, 3.05) is 5.32 Å². The number of nitrogens with one attached hydrogen (secondary N) is 2. The van der Waals surface area contributed by atoms with Gasteiger partial charge < -0.3 is 5.32 Å². The predicted molar refractivity (Wildman–Crippen MR) is 60.6 cm³/mol. The van der Waals surface area contributed by atoms with Crippen molar-refractivity contribution in [1.29, 1.82) is 0 Å². The first-order chi connectivity index (χ1) is 8.25. The summed E-state index contributed by atoms with van der Waals surface area (Å²) < 4.78 is 3.52. The molecule has 7 nitrogen and oxygen atoms in total. The number of imide groups is 1. The van der Waals surface area contributed by atoms with E-state index in [1.165, 1.54) is 11.6 Å². The van der Waals surface area contributed by atoms with Crippen LogP contribution >= 0.6 is 11.5 Å². The molecule has 17 heavy (non-hydrogen) atoms. The summed E-state index contributed by atoms with van der Waals surface area (Å²) in [6.07, 6.45) is 3.05. The monoisotopic (exact) mass is 249 g/mol. The van der Waals surface area contributed by atoms with E-state index in [-0.39, 0.29) is 5.69 Å². The minimum Gasteiger partial charge on any atom is -0.306 e. The molecule has 0 aliphatic heterocycles. The van der Waals surface area contributed by atoms with E-state index in [0.29, 0.717) is 5.69 Å². The highest BCUT2D eigenvalue weighted by Crippen LogP contribution is 2.02. The summed E-state index contributed by atoms with van der Waals surface area (Å²) in [6, 6.07) is 2.68. The van der Waals surface area contributed by atoms with Crippen LogP contribution in [-0.2, 0) is 0 Å². The lowest BCUT2D eigenvalue weighted by Gasteiger charge is -2.04. The van der Waals surface area contributed by atoms with E-state index in [9.17, 15) is 9.59 Å². The molecule has 8 heteroatoms. The lowest BCUT2D eigenvalue weighted by atomic mass is 10.4. The fourth-order valence-electron chi connectivity index (χ4n) is 1.03. The van der Waals surface area contributed by atoms with Crippen molar-refractivity contribution in [3.05, 3.63) is 35.6 Å². The smallest absolute Gasteiger partial charge is 0.306 e. The number of carbonyl (C=O) groups excluding carboxylic acids is 2. The number of hydrogen-bond acceptors (Lipinski definition) is 6. The molecule has 0 saturated carbocycles. The number of aromatic nitrogens is 3. The predicted octanol–water partition coefficient (Wildman–Crippen LogP) is 0.895. The SMILES string of the molecule is O=C(NC(=O)c1csnn1)Nc1cccnc1. The fraction of sp³-hybridized carbons (Fsp3) is 0. The molecule has 0 aliphatic rings. The molecular formula is C9H7N5O2S. The molecule has 0 saturated heterocycles. The molecule has 0 bridgehead atoms. The lowest BCUT2D eigenvalue weighted by molar-refractivity contribution is 0.0962. The normalized spacial score (nSPS) is 9.65. The van der Waals surface area contributed by atoms with Crippen LogP contribution in [0.3, 0.4) is 0 Å². The summed E-state index contributed by atoms with van der Waals surface area (Å²) >= 11 is 1.04. The summed E-state index contributed by atoms with van der Waals surface area (Å²) in [4.78, 5) is 26.6. The van der Waals surface area contributed by atoms with Crippen LogP contribution in [0.15, 0.2) is 29.9 Å². The molecule has 2 N–H and O–H groups in total. The highest BCUT2D eigenvalue weighted by Gasteiger charge is 2.12. The minimum absolute atomic E-state index is 0.108. The first-order valence-electron chi connectivity index (χ1n) is 4.55. The molecule has 2 aromatic heterocycles. The van der Waals surface area contributed by atoms with Crippen LogP contribution in [0.4, 0.5) is 10.5 Å². The number of urea groups is 1. The molecule has 2 aromatic rings. The molecule has 2 heterocycles. The van der Waals surface area contributed by atoms with Gasteiger partial charge in [0.1, 0.15) is 0 Å². The maximum Gasteiger partial charge on any atom is 0.326 e. The van der Waals surface area contributed by atoms with Crippen molar-refractivity contribution in [2.45, 2.75) is 0 Å². The topological polar surface area (TPSA) is 96.9 Å². The van der Waals surface area contributed by atoms with E-state index in [1.807, 2.05) is 0 Å². The lowest BCUT2D eigenvalue weighted by Crippen LogP contribution is -2.34. The number of carbonyl (C=O) groups is 2. The fourth-order valence-corrected chi connectivity index (χ4v) is 1.47. The number of pyridine rings is 1. The summed E-state index contributed by atoms with van der Waals surface area (Å²) in [5.41, 5.74) is 0.602.